The Hall–Kier alpha value is -1.38. The zero-order chi connectivity index (χ0) is 12.3. The molecule has 1 aromatic heterocycles. The lowest BCUT2D eigenvalue weighted by Gasteiger charge is -2.06. The Bertz CT molecular complexity index is 574. The molecule has 0 saturated heterocycles. The topological polar surface area (TPSA) is 35.8 Å². The maximum atomic E-state index is 12.9. The predicted octanol–water partition coefficient (Wildman–Crippen LogP) is 4.13. The van der Waals surface area contributed by atoms with E-state index in [0.717, 1.165) is 8.66 Å². The van der Waals surface area contributed by atoms with Crippen LogP contribution in [-0.4, -0.2) is 0 Å². The molecule has 0 radical (unpaired) electrons. The lowest BCUT2D eigenvalue weighted by Crippen LogP contribution is -1.99. The number of hydrogen-bond acceptors (Lipinski definition) is 3. The van der Waals surface area contributed by atoms with Crippen LogP contribution in [0.15, 0.2) is 34.1 Å². The van der Waals surface area contributed by atoms with Crippen LogP contribution in [0.5, 0.6) is 0 Å². The minimum absolute atomic E-state index is 0.320. The van der Waals surface area contributed by atoms with E-state index < -0.39 is 5.82 Å². The second kappa shape index (κ2) is 5.30. The molecule has 0 aliphatic carbocycles. The monoisotopic (exact) mass is 310 g/mol. The van der Waals surface area contributed by atoms with Crippen LogP contribution in [0.3, 0.4) is 0 Å². The highest BCUT2D eigenvalue weighted by atomic mass is 79.9. The van der Waals surface area contributed by atoms with Crippen molar-refractivity contribution in [3.8, 4) is 6.07 Å². The molecular weight excluding hydrogens is 303 g/mol. The molecule has 1 N–H and O–H groups in total. The fraction of sp³-hybridized carbons (Fsp3) is 0.0833. The van der Waals surface area contributed by atoms with Gasteiger partial charge in [-0.3, -0.25) is 0 Å². The standard InChI is InChI=1S/C12H8BrFN2S/c13-12-4-2-10(17-12)7-16-11-3-1-9(14)5-8(11)6-15/h1-5,16H,7H2. The van der Waals surface area contributed by atoms with Crippen molar-refractivity contribution in [3.05, 3.63) is 50.4 Å². The van der Waals surface area contributed by atoms with E-state index in [1.165, 1.54) is 12.1 Å². The molecule has 0 saturated carbocycles. The third-order valence-corrected chi connectivity index (χ3v) is 3.81. The van der Waals surface area contributed by atoms with E-state index in [0.29, 0.717) is 17.8 Å². The summed E-state index contributed by atoms with van der Waals surface area (Å²) in [5, 5.41) is 12.0. The summed E-state index contributed by atoms with van der Waals surface area (Å²) in [6.45, 7) is 0.622. The van der Waals surface area contributed by atoms with Crippen LogP contribution in [0.25, 0.3) is 0 Å². The Morgan fingerprint density at radius 2 is 2.18 bits per heavy atom. The van der Waals surface area contributed by atoms with Crippen molar-refractivity contribution in [1.82, 2.24) is 0 Å². The summed E-state index contributed by atoms with van der Waals surface area (Å²) in [7, 11) is 0. The molecule has 0 aliphatic heterocycles. The number of hydrogen-bond donors (Lipinski definition) is 1. The van der Waals surface area contributed by atoms with Crippen molar-refractivity contribution >= 4 is 33.0 Å². The third kappa shape index (κ3) is 3.05. The van der Waals surface area contributed by atoms with E-state index in [1.807, 2.05) is 18.2 Å². The van der Waals surface area contributed by atoms with Gasteiger partial charge in [-0.15, -0.1) is 11.3 Å². The van der Waals surface area contributed by atoms with Crippen molar-refractivity contribution in [2.24, 2.45) is 0 Å². The van der Waals surface area contributed by atoms with Gasteiger partial charge in [0.1, 0.15) is 11.9 Å². The van der Waals surface area contributed by atoms with Gasteiger partial charge in [-0.2, -0.15) is 5.26 Å². The quantitative estimate of drug-likeness (QED) is 0.925. The van der Waals surface area contributed by atoms with Crippen LogP contribution >= 0.6 is 27.3 Å². The number of halogens is 2. The number of rotatable bonds is 3. The maximum absolute atomic E-state index is 12.9. The molecule has 0 aliphatic rings. The molecule has 0 bridgehead atoms. The van der Waals surface area contributed by atoms with Gasteiger partial charge in [-0.05, 0) is 46.3 Å². The molecule has 17 heavy (non-hydrogen) atoms. The average Bonchev–Trinajstić information content (AvgIpc) is 2.73. The zero-order valence-corrected chi connectivity index (χ0v) is 11.1. The second-order valence-corrected chi connectivity index (χ2v) is 5.91. The van der Waals surface area contributed by atoms with Crippen LogP contribution < -0.4 is 5.32 Å². The first-order chi connectivity index (χ1) is 8.19. The molecule has 0 unspecified atom stereocenters. The first kappa shape index (κ1) is 12.1. The minimum atomic E-state index is -0.397. The highest BCUT2D eigenvalue weighted by Gasteiger charge is 2.04. The van der Waals surface area contributed by atoms with Gasteiger partial charge in [-0.25, -0.2) is 4.39 Å². The van der Waals surface area contributed by atoms with Crippen LogP contribution in [0, 0.1) is 17.1 Å². The number of benzene rings is 1. The molecule has 0 atom stereocenters. The van der Waals surface area contributed by atoms with Crippen molar-refractivity contribution in [2.75, 3.05) is 5.32 Å². The molecule has 0 spiro atoms. The fourth-order valence-corrected chi connectivity index (χ4v) is 2.82. The summed E-state index contributed by atoms with van der Waals surface area (Å²) in [6, 6.07) is 10.1. The Balaban J connectivity index is 2.12. The third-order valence-electron chi connectivity index (χ3n) is 2.18. The van der Waals surface area contributed by atoms with Crippen molar-refractivity contribution in [1.29, 1.82) is 5.26 Å². The van der Waals surface area contributed by atoms with E-state index in [1.54, 1.807) is 17.4 Å². The fourth-order valence-electron chi connectivity index (χ4n) is 1.39. The van der Waals surface area contributed by atoms with E-state index in [2.05, 4.69) is 21.2 Å². The predicted molar refractivity (Wildman–Crippen MR) is 70.5 cm³/mol. The SMILES string of the molecule is N#Cc1cc(F)ccc1NCc1ccc(Br)s1. The van der Waals surface area contributed by atoms with Crippen LogP contribution in [0.4, 0.5) is 10.1 Å². The van der Waals surface area contributed by atoms with Gasteiger partial charge in [0.05, 0.1) is 15.0 Å². The molecule has 0 amide bonds. The molecular formula is C12H8BrFN2S. The molecule has 1 heterocycles. The molecule has 2 nitrogen and oxygen atoms in total. The van der Waals surface area contributed by atoms with Crippen molar-refractivity contribution < 1.29 is 4.39 Å². The summed E-state index contributed by atoms with van der Waals surface area (Å²) < 4.78 is 14.0. The number of anilines is 1. The molecule has 0 fully saturated rings. The molecule has 5 heteroatoms. The van der Waals surface area contributed by atoms with Crippen LogP contribution in [0.1, 0.15) is 10.4 Å². The minimum Gasteiger partial charge on any atom is -0.379 e. The summed E-state index contributed by atoms with van der Waals surface area (Å²) in [4.78, 5) is 1.14. The number of thiophene rings is 1. The van der Waals surface area contributed by atoms with Crippen LogP contribution in [-0.2, 0) is 6.54 Å². The number of nitrogens with zero attached hydrogens (tertiary/aromatic N) is 1. The van der Waals surface area contributed by atoms with E-state index in [9.17, 15) is 4.39 Å². The summed E-state index contributed by atoms with van der Waals surface area (Å²) in [5.41, 5.74) is 0.971. The van der Waals surface area contributed by atoms with Gasteiger partial charge < -0.3 is 5.32 Å². The first-order valence-electron chi connectivity index (χ1n) is 4.87. The average molecular weight is 311 g/mol. The number of nitrogens with one attached hydrogen (secondary N) is 1. The number of nitriles is 1. The lowest BCUT2D eigenvalue weighted by molar-refractivity contribution is 0.627. The maximum Gasteiger partial charge on any atom is 0.124 e. The van der Waals surface area contributed by atoms with Gasteiger partial charge in [0.15, 0.2) is 0 Å². The Morgan fingerprint density at radius 1 is 1.35 bits per heavy atom. The largest absolute Gasteiger partial charge is 0.379 e. The van der Waals surface area contributed by atoms with Gasteiger partial charge in [0, 0.05) is 11.4 Å². The zero-order valence-electron chi connectivity index (χ0n) is 8.71. The highest BCUT2D eigenvalue weighted by molar-refractivity contribution is 9.11. The van der Waals surface area contributed by atoms with Gasteiger partial charge >= 0.3 is 0 Å². The molecule has 86 valence electrons. The van der Waals surface area contributed by atoms with Crippen molar-refractivity contribution in [3.63, 3.8) is 0 Å². The molecule has 1 aromatic carbocycles. The van der Waals surface area contributed by atoms with E-state index >= 15 is 0 Å². The lowest BCUT2D eigenvalue weighted by atomic mass is 10.2. The first-order valence-corrected chi connectivity index (χ1v) is 6.48. The second-order valence-electron chi connectivity index (χ2n) is 3.36. The Labute approximate surface area is 111 Å². The molecule has 2 aromatic rings. The van der Waals surface area contributed by atoms with E-state index in [4.69, 9.17) is 5.26 Å². The Morgan fingerprint density at radius 3 is 2.82 bits per heavy atom. The smallest absolute Gasteiger partial charge is 0.124 e. The van der Waals surface area contributed by atoms with Gasteiger partial charge in [0.25, 0.3) is 0 Å². The van der Waals surface area contributed by atoms with Crippen LogP contribution in [0.2, 0.25) is 0 Å². The normalized spacial score (nSPS) is 9.94. The van der Waals surface area contributed by atoms with Gasteiger partial charge in [0.2, 0.25) is 0 Å². The van der Waals surface area contributed by atoms with Gasteiger partial charge in [-0.1, -0.05) is 0 Å². The highest BCUT2D eigenvalue weighted by Crippen LogP contribution is 2.23. The summed E-state index contributed by atoms with van der Waals surface area (Å²) in [5.74, 6) is -0.397. The Kier molecular flexibility index (Phi) is 3.77. The summed E-state index contributed by atoms with van der Waals surface area (Å²) >= 11 is 5.01. The molecule has 2 rings (SSSR count). The van der Waals surface area contributed by atoms with E-state index in [-0.39, 0.29) is 0 Å². The van der Waals surface area contributed by atoms with Crippen molar-refractivity contribution in [2.45, 2.75) is 6.54 Å². The summed E-state index contributed by atoms with van der Waals surface area (Å²) in [6.07, 6.45) is 0.